The van der Waals surface area contributed by atoms with Gasteiger partial charge in [-0.25, -0.2) is 4.98 Å². The van der Waals surface area contributed by atoms with E-state index in [1.54, 1.807) is 12.1 Å². The second kappa shape index (κ2) is 5.99. The standard InChI is InChI=1S/C12H14ClN3O3/c1-2-6-19-7-5-16-10-8(3-4-9(13)15-10)14-11(17)12(16)18/h3-4H,2,5-7H2,1H3,(H,14,17). The van der Waals surface area contributed by atoms with Gasteiger partial charge in [-0.1, -0.05) is 18.5 Å². The molecule has 0 aromatic carbocycles. The molecule has 0 saturated carbocycles. The molecule has 0 amide bonds. The van der Waals surface area contributed by atoms with Crippen molar-refractivity contribution in [3.63, 3.8) is 0 Å². The first-order chi connectivity index (χ1) is 9.13. The maximum Gasteiger partial charge on any atom is 0.317 e. The van der Waals surface area contributed by atoms with Crippen molar-refractivity contribution in [1.82, 2.24) is 14.5 Å². The Hall–Kier alpha value is -1.66. The minimum atomic E-state index is -0.674. The average Bonchev–Trinajstić information content (AvgIpc) is 2.39. The minimum Gasteiger partial charge on any atom is -0.380 e. The summed E-state index contributed by atoms with van der Waals surface area (Å²) in [5, 5.41) is 0.266. The van der Waals surface area contributed by atoms with Crippen molar-refractivity contribution >= 4 is 22.8 Å². The molecule has 19 heavy (non-hydrogen) atoms. The third kappa shape index (κ3) is 3.02. The summed E-state index contributed by atoms with van der Waals surface area (Å²) in [6.07, 6.45) is 0.898. The number of hydrogen-bond donors (Lipinski definition) is 1. The Bertz CT molecular complexity index is 693. The highest BCUT2D eigenvalue weighted by Gasteiger charge is 2.09. The lowest BCUT2D eigenvalue weighted by Crippen LogP contribution is -2.37. The van der Waals surface area contributed by atoms with Crippen LogP contribution in [0.15, 0.2) is 21.7 Å². The first-order valence-electron chi connectivity index (χ1n) is 6.00. The molecule has 0 atom stereocenters. The highest BCUT2D eigenvalue weighted by atomic mass is 35.5. The predicted molar refractivity (Wildman–Crippen MR) is 72.7 cm³/mol. The summed E-state index contributed by atoms with van der Waals surface area (Å²) in [7, 11) is 0. The van der Waals surface area contributed by atoms with Gasteiger partial charge in [-0.15, -0.1) is 0 Å². The number of rotatable bonds is 5. The van der Waals surface area contributed by atoms with Crippen LogP contribution >= 0.6 is 11.6 Å². The molecule has 0 unspecified atom stereocenters. The molecule has 7 heteroatoms. The number of pyridine rings is 1. The lowest BCUT2D eigenvalue weighted by atomic mass is 10.4. The molecule has 6 nitrogen and oxygen atoms in total. The summed E-state index contributed by atoms with van der Waals surface area (Å²) < 4.78 is 6.62. The molecule has 0 aliphatic heterocycles. The van der Waals surface area contributed by atoms with Crippen molar-refractivity contribution in [3.05, 3.63) is 38.0 Å². The van der Waals surface area contributed by atoms with Crippen LogP contribution in [-0.2, 0) is 11.3 Å². The van der Waals surface area contributed by atoms with Gasteiger partial charge in [0.05, 0.1) is 18.7 Å². The summed E-state index contributed by atoms with van der Waals surface area (Å²) in [5.41, 5.74) is -0.490. The van der Waals surface area contributed by atoms with Crippen LogP contribution in [0.5, 0.6) is 0 Å². The molecule has 0 spiro atoms. The Morgan fingerprint density at radius 1 is 1.37 bits per heavy atom. The molecule has 2 aromatic rings. The van der Waals surface area contributed by atoms with E-state index in [1.807, 2.05) is 6.92 Å². The SMILES string of the molecule is CCCOCCn1c(=O)c(=O)[nH]c2ccc(Cl)nc21. The monoisotopic (exact) mass is 283 g/mol. The summed E-state index contributed by atoms with van der Waals surface area (Å²) in [6, 6.07) is 3.18. The third-order valence-corrected chi connectivity index (χ3v) is 2.80. The number of halogens is 1. The van der Waals surface area contributed by atoms with Crippen LogP contribution in [0, 0.1) is 0 Å². The van der Waals surface area contributed by atoms with Gasteiger partial charge in [-0.3, -0.25) is 14.2 Å². The van der Waals surface area contributed by atoms with Crippen LogP contribution in [0.2, 0.25) is 5.15 Å². The molecular weight excluding hydrogens is 270 g/mol. The van der Waals surface area contributed by atoms with E-state index in [2.05, 4.69) is 9.97 Å². The number of fused-ring (bicyclic) bond motifs is 1. The number of nitrogens with one attached hydrogen (secondary N) is 1. The fourth-order valence-electron chi connectivity index (χ4n) is 1.73. The van der Waals surface area contributed by atoms with Gasteiger partial charge in [0.2, 0.25) is 0 Å². The van der Waals surface area contributed by atoms with E-state index in [-0.39, 0.29) is 11.7 Å². The molecule has 2 heterocycles. The zero-order valence-corrected chi connectivity index (χ0v) is 11.2. The summed E-state index contributed by atoms with van der Waals surface area (Å²) in [4.78, 5) is 29.9. The molecule has 2 aromatic heterocycles. The Morgan fingerprint density at radius 2 is 2.16 bits per heavy atom. The van der Waals surface area contributed by atoms with Gasteiger partial charge in [-0.2, -0.15) is 0 Å². The smallest absolute Gasteiger partial charge is 0.317 e. The van der Waals surface area contributed by atoms with Crippen LogP contribution in [0.3, 0.4) is 0 Å². The summed E-state index contributed by atoms with van der Waals surface area (Å²) >= 11 is 5.82. The maximum atomic E-state index is 11.8. The lowest BCUT2D eigenvalue weighted by Gasteiger charge is -2.09. The molecule has 0 bridgehead atoms. The molecular formula is C12H14ClN3O3. The summed E-state index contributed by atoms with van der Waals surface area (Å²) in [6.45, 7) is 3.23. The molecule has 2 rings (SSSR count). The Morgan fingerprint density at radius 3 is 2.89 bits per heavy atom. The fraction of sp³-hybridized carbons (Fsp3) is 0.417. The van der Waals surface area contributed by atoms with Crippen molar-refractivity contribution < 1.29 is 4.74 Å². The quantitative estimate of drug-likeness (QED) is 0.507. The van der Waals surface area contributed by atoms with Crippen LogP contribution in [0.1, 0.15) is 13.3 Å². The van der Waals surface area contributed by atoms with Gasteiger partial charge >= 0.3 is 11.1 Å². The normalized spacial score (nSPS) is 11.1. The van der Waals surface area contributed by atoms with Gasteiger partial charge in [-0.05, 0) is 18.6 Å². The number of aromatic nitrogens is 3. The first-order valence-corrected chi connectivity index (χ1v) is 6.38. The molecule has 0 aliphatic carbocycles. The van der Waals surface area contributed by atoms with Gasteiger partial charge in [0, 0.05) is 6.61 Å². The molecule has 0 radical (unpaired) electrons. The van der Waals surface area contributed by atoms with Crippen LogP contribution in [-0.4, -0.2) is 27.7 Å². The van der Waals surface area contributed by atoms with E-state index < -0.39 is 11.1 Å². The van der Waals surface area contributed by atoms with E-state index in [0.717, 1.165) is 6.42 Å². The lowest BCUT2D eigenvalue weighted by molar-refractivity contribution is 0.127. The Kier molecular flexibility index (Phi) is 4.34. The molecule has 0 fully saturated rings. The van der Waals surface area contributed by atoms with Gasteiger partial charge in [0.25, 0.3) is 0 Å². The highest BCUT2D eigenvalue weighted by Crippen LogP contribution is 2.10. The fourth-order valence-corrected chi connectivity index (χ4v) is 1.88. The van der Waals surface area contributed by atoms with E-state index in [0.29, 0.717) is 24.4 Å². The Balaban J connectivity index is 2.44. The van der Waals surface area contributed by atoms with E-state index in [4.69, 9.17) is 16.3 Å². The first kappa shape index (κ1) is 13.8. The van der Waals surface area contributed by atoms with Crippen molar-refractivity contribution in [2.75, 3.05) is 13.2 Å². The maximum absolute atomic E-state index is 11.8. The molecule has 0 saturated heterocycles. The zero-order valence-electron chi connectivity index (χ0n) is 10.5. The van der Waals surface area contributed by atoms with Gasteiger partial charge < -0.3 is 9.72 Å². The topological polar surface area (TPSA) is 77.0 Å². The number of nitrogens with zero attached hydrogens (tertiary/aromatic N) is 2. The van der Waals surface area contributed by atoms with Gasteiger partial charge in [0.1, 0.15) is 5.15 Å². The van der Waals surface area contributed by atoms with E-state index >= 15 is 0 Å². The minimum absolute atomic E-state index is 0.266. The highest BCUT2D eigenvalue weighted by molar-refractivity contribution is 6.29. The molecule has 0 aliphatic rings. The third-order valence-electron chi connectivity index (χ3n) is 2.59. The number of aromatic amines is 1. The van der Waals surface area contributed by atoms with Crippen molar-refractivity contribution in [2.24, 2.45) is 0 Å². The number of hydrogen-bond acceptors (Lipinski definition) is 4. The Labute approximate surface area is 114 Å². The number of H-pyrrole nitrogens is 1. The number of ether oxygens (including phenoxy) is 1. The second-order valence-corrected chi connectivity index (χ2v) is 4.42. The van der Waals surface area contributed by atoms with Crippen molar-refractivity contribution in [2.45, 2.75) is 19.9 Å². The van der Waals surface area contributed by atoms with Crippen LogP contribution < -0.4 is 11.1 Å². The zero-order chi connectivity index (χ0) is 13.8. The predicted octanol–water partition coefficient (Wildman–Crippen LogP) is 1.16. The van der Waals surface area contributed by atoms with Gasteiger partial charge in [0.15, 0.2) is 5.65 Å². The summed E-state index contributed by atoms with van der Waals surface area (Å²) in [5.74, 6) is 0. The van der Waals surface area contributed by atoms with E-state index in [1.165, 1.54) is 4.57 Å². The second-order valence-electron chi connectivity index (χ2n) is 4.03. The van der Waals surface area contributed by atoms with Crippen molar-refractivity contribution in [1.29, 1.82) is 0 Å². The van der Waals surface area contributed by atoms with E-state index in [9.17, 15) is 9.59 Å². The molecule has 102 valence electrons. The average molecular weight is 284 g/mol. The van der Waals surface area contributed by atoms with Crippen molar-refractivity contribution in [3.8, 4) is 0 Å². The largest absolute Gasteiger partial charge is 0.380 e. The molecule has 1 N–H and O–H groups in total. The van der Waals surface area contributed by atoms with Crippen LogP contribution in [0.25, 0.3) is 11.2 Å². The van der Waals surface area contributed by atoms with Crippen LogP contribution in [0.4, 0.5) is 0 Å².